The third kappa shape index (κ3) is 7.22. The topological polar surface area (TPSA) is 0 Å². The summed E-state index contributed by atoms with van der Waals surface area (Å²) in [6.45, 7) is 4.43. The van der Waals surface area contributed by atoms with Crippen LogP contribution in [-0.2, 0) is 6.42 Å². The standard InChI is InChI=1S/C35H43F/c1-3-5-7-8-9-10-27-14-19-30(20-15-27)31-21-16-28(17-22-31)12-13-29-18-25-34-33(26-29)24-23-32(35(34)36)11-6-4-2/h16-18,21-27,30H,3-11,14-15,19-20H2,1-2H3. The SMILES string of the molecule is CCCCCCCC1CCC(c2ccc(C#Cc3ccc4c(F)c(CCCC)ccc4c3)cc2)CC1. The Labute approximate surface area is 218 Å². The molecule has 0 aromatic heterocycles. The first-order chi connectivity index (χ1) is 17.7. The zero-order valence-corrected chi connectivity index (χ0v) is 22.4. The molecular weight excluding hydrogens is 439 g/mol. The van der Waals surface area contributed by atoms with Gasteiger partial charge in [-0.2, -0.15) is 0 Å². The zero-order chi connectivity index (χ0) is 25.2. The van der Waals surface area contributed by atoms with Gasteiger partial charge in [0.05, 0.1) is 0 Å². The Morgan fingerprint density at radius 2 is 1.42 bits per heavy atom. The zero-order valence-electron chi connectivity index (χ0n) is 22.4. The van der Waals surface area contributed by atoms with Gasteiger partial charge in [0.1, 0.15) is 5.82 Å². The monoisotopic (exact) mass is 482 g/mol. The predicted octanol–water partition coefficient (Wildman–Crippen LogP) is 10.4. The van der Waals surface area contributed by atoms with E-state index in [9.17, 15) is 4.39 Å². The molecule has 1 saturated carbocycles. The summed E-state index contributed by atoms with van der Waals surface area (Å²) in [5.41, 5.74) is 4.27. The summed E-state index contributed by atoms with van der Waals surface area (Å²) in [5.74, 6) is 8.18. The maximum absolute atomic E-state index is 14.8. The summed E-state index contributed by atoms with van der Waals surface area (Å²) in [5, 5.41) is 1.62. The molecule has 1 aliphatic rings. The second-order valence-corrected chi connectivity index (χ2v) is 10.9. The summed E-state index contributed by atoms with van der Waals surface area (Å²) in [7, 11) is 0. The minimum absolute atomic E-state index is 0.0722. The van der Waals surface area contributed by atoms with Gasteiger partial charge in [0, 0.05) is 16.5 Å². The van der Waals surface area contributed by atoms with E-state index < -0.39 is 0 Å². The molecule has 36 heavy (non-hydrogen) atoms. The van der Waals surface area contributed by atoms with E-state index in [1.165, 1.54) is 69.8 Å². The van der Waals surface area contributed by atoms with Crippen LogP contribution < -0.4 is 0 Å². The summed E-state index contributed by atoms with van der Waals surface area (Å²) >= 11 is 0. The lowest BCUT2D eigenvalue weighted by Crippen LogP contribution is -2.13. The molecule has 0 atom stereocenters. The van der Waals surface area contributed by atoms with E-state index in [-0.39, 0.29) is 5.82 Å². The van der Waals surface area contributed by atoms with E-state index in [2.05, 4.69) is 50.0 Å². The third-order valence-corrected chi connectivity index (χ3v) is 8.13. The number of halogens is 1. The van der Waals surface area contributed by atoms with E-state index in [1.807, 2.05) is 30.3 Å². The molecule has 0 unspecified atom stereocenters. The summed E-state index contributed by atoms with van der Waals surface area (Å²) < 4.78 is 14.8. The molecule has 0 heterocycles. The van der Waals surface area contributed by atoms with Gasteiger partial charge in [0.15, 0.2) is 0 Å². The van der Waals surface area contributed by atoms with Crippen LogP contribution in [-0.4, -0.2) is 0 Å². The average molecular weight is 483 g/mol. The van der Waals surface area contributed by atoms with E-state index in [0.29, 0.717) is 11.3 Å². The van der Waals surface area contributed by atoms with E-state index in [4.69, 9.17) is 0 Å². The molecule has 3 aromatic carbocycles. The van der Waals surface area contributed by atoms with Crippen molar-refractivity contribution in [1.82, 2.24) is 0 Å². The fourth-order valence-corrected chi connectivity index (χ4v) is 5.78. The van der Waals surface area contributed by atoms with Crippen molar-refractivity contribution in [2.24, 2.45) is 5.92 Å². The number of aryl methyl sites for hydroxylation is 1. The van der Waals surface area contributed by atoms with Crippen molar-refractivity contribution in [3.63, 3.8) is 0 Å². The molecule has 0 bridgehead atoms. The molecule has 0 nitrogen and oxygen atoms in total. The lowest BCUT2D eigenvalue weighted by molar-refractivity contribution is 0.302. The van der Waals surface area contributed by atoms with Gasteiger partial charge in [-0.3, -0.25) is 0 Å². The Balaban J connectivity index is 1.32. The van der Waals surface area contributed by atoms with Crippen molar-refractivity contribution in [1.29, 1.82) is 0 Å². The van der Waals surface area contributed by atoms with E-state index >= 15 is 0 Å². The number of hydrogen-bond acceptors (Lipinski definition) is 0. The van der Waals surface area contributed by atoms with E-state index in [0.717, 1.165) is 47.3 Å². The van der Waals surface area contributed by atoms with Gasteiger partial charge in [-0.05, 0) is 91.1 Å². The van der Waals surface area contributed by atoms with Crippen LogP contribution in [0.1, 0.15) is 119 Å². The molecule has 0 saturated heterocycles. The molecule has 1 aliphatic carbocycles. The highest BCUT2D eigenvalue weighted by atomic mass is 19.1. The van der Waals surface area contributed by atoms with Crippen molar-refractivity contribution < 1.29 is 4.39 Å². The van der Waals surface area contributed by atoms with Gasteiger partial charge in [0.2, 0.25) is 0 Å². The van der Waals surface area contributed by atoms with Crippen molar-refractivity contribution in [3.05, 3.63) is 82.7 Å². The maximum Gasteiger partial charge on any atom is 0.134 e. The van der Waals surface area contributed by atoms with Gasteiger partial charge in [-0.1, -0.05) is 101 Å². The molecule has 3 aromatic rings. The van der Waals surface area contributed by atoms with Crippen molar-refractivity contribution in [2.45, 2.75) is 103 Å². The van der Waals surface area contributed by atoms with E-state index in [1.54, 1.807) is 0 Å². The van der Waals surface area contributed by atoms with Crippen molar-refractivity contribution in [3.8, 4) is 11.8 Å². The number of hydrogen-bond donors (Lipinski definition) is 0. The molecule has 0 N–H and O–H groups in total. The van der Waals surface area contributed by atoms with Crippen LogP contribution in [0.25, 0.3) is 10.8 Å². The Hall–Kier alpha value is -2.59. The lowest BCUT2D eigenvalue weighted by atomic mass is 9.77. The second-order valence-electron chi connectivity index (χ2n) is 10.9. The fraction of sp³-hybridized carbons (Fsp3) is 0.486. The van der Waals surface area contributed by atoms with Gasteiger partial charge < -0.3 is 0 Å². The van der Waals surface area contributed by atoms with Crippen LogP contribution in [0, 0.1) is 23.6 Å². The van der Waals surface area contributed by atoms with Crippen LogP contribution in [0.4, 0.5) is 4.39 Å². The van der Waals surface area contributed by atoms with Gasteiger partial charge >= 0.3 is 0 Å². The maximum atomic E-state index is 14.8. The minimum atomic E-state index is -0.0722. The van der Waals surface area contributed by atoms with Gasteiger partial charge in [-0.25, -0.2) is 4.39 Å². The number of fused-ring (bicyclic) bond motifs is 1. The van der Waals surface area contributed by atoms with Gasteiger partial charge in [0.25, 0.3) is 0 Å². The van der Waals surface area contributed by atoms with Crippen LogP contribution >= 0.6 is 0 Å². The predicted molar refractivity (Wildman–Crippen MR) is 153 cm³/mol. The van der Waals surface area contributed by atoms with Crippen LogP contribution in [0.2, 0.25) is 0 Å². The Morgan fingerprint density at radius 1 is 0.722 bits per heavy atom. The highest BCUT2D eigenvalue weighted by Gasteiger charge is 2.22. The summed E-state index contributed by atoms with van der Waals surface area (Å²) in [4.78, 5) is 0. The molecule has 4 rings (SSSR count). The summed E-state index contributed by atoms with van der Waals surface area (Å²) in [6.07, 6.45) is 16.8. The molecule has 1 fully saturated rings. The minimum Gasteiger partial charge on any atom is -0.206 e. The fourth-order valence-electron chi connectivity index (χ4n) is 5.78. The molecular formula is C35H43F. The first kappa shape index (κ1) is 26.5. The smallest absolute Gasteiger partial charge is 0.134 e. The molecule has 0 aliphatic heterocycles. The first-order valence-electron chi connectivity index (χ1n) is 14.5. The largest absolute Gasteiger partial charge is 0.206 e. The second kappa shape index (κ2) is 13.6. The molecule has 1 heteroatoms. The summed E-state index contributed by atoms with van der Waals surface area (Å²) in [6, 6.07) is 18.7. The third-order valence-electron chi connectivity index (χ3n) is 8.13. The normalized spacial score (nSPS) is 17.6. The van der Waals surface area contributed by atoms with Crippen molar-refractivity contribution >= 4 is 10.8 Å². The van der Waals surface area contributed by atoms with Crippen molar-refractivity contribution in [2.75, 3.05) is 0 Å². The molecule has 190 valence electrons. The molecule has 0 spiro atoms. The number of benzene rings is 3. The van der Waals surface area contributed by atoms with Crippen LogP contribution in [0.3, 0.4) is 0 Å². The lowest BCUT2D eigenvalue weighted by Gasteiger charge is -2.29. The molecule has 0 amide bonds. The highest BCUT2D eigenvalue weighted by Crippen LogP contribution is 2.37. The quantitative estimate of drug-likeness (QED) is 0.199. The van der Waals surface area contributed by atoms with Crippen LogP contribution in [0.15, 0.2) is 54.6 Å². The molecule has 0 radical (unpaired) electrons. The first-order valence-corrected chi connectivity index (χ1v) is 14.5. The Kier molecular flexibility index (Phi) is 10.0. The average Bonchev–Trinajstić information content (AvgIpc) is 2.92. The van der Waals surface area contributed by atoms with Crippen LogP contribution in [0.5, 0.6) is 0 Å². The highest BCUT2D eigenvalue weighted by molar-refractivity contribution is 5.85. The number of rotatable bonds is 10. The Bertz CT molecular complexity index is 1150. The van der Waals surface area contributed by atoms with Gasteiger partial charge in [-0.15, -0.1) is 0 Å². The number of unbranched alkanes of at least 4 members (excludes halogenated alkanes) is 5. The Morgan fingerprint density at radius 3 is 2.17 bits per heavy atom.